The number of anilines is 6. The summed E-state index contributed by atoms with van der Waals surface area (Å²) in [7, 11) is 0. The monoisotopic (exact) mass is 813 g/mol. The van der Waals surface area contributed by atoms with Crippen LogP contribution < -0.4 is 9.80 Å². The average molecular weight is 813 g/mol. The SMILES string of the molecule is CC1(C)c2ccc(-c3cccc(N(c4ccccc4)c4cccc(N(c5ccccc5)c5cccc(-c6ccc7c(c6)C(C)(C)C(C)(C)C7(C)C)c5)c4)c3)cc2C(C)(C)C1(C)C. The van der Waals surface area contributed by atoms with Crippen molar-refractivity contribution in [2.75, 3.05) is 9.80 Å². The number of fused-ring (bicyclic) bond motifs is 2. The Morgan fingerprint density at radius 1 is 0.242 bits per heavy atom. The molecule has 0 saturated carbocycles. The molecule has 2 aliphatic rings. The first-order valence-electron chi connectivity index (χ1n) is 22.6. The minimum absolute atomic E-state index is 0.0343. The van der Waals surface area contributed by atoms with Gasteiger partial charge >= 0.3 is 0 Å². The third-order valence-electron chi connectivity index (χ3n) is 17.2. The molecule has 0 aromatic heterocycles. The molecule has 0 unspecified atom stereocenters. The summed E-state index contributed by atoms with van der Waals surface area (Å²) in [5.41, 5.74) is 17.9. The molecule has 62 heavy (non-hydrogen) atoms. The predicted molar refractivity (Wildman–Crippen MR) is 266 cm³/mol. The fourth-order valence-corrected chi connectivity index (χ4v) is 10.9. The Morgan fingerprint density at radius 2 is 0.532 bits per heavy atom. The number of benzene rings is 7. The largest absolute Gasteiger partial charge is 0.310 e. The summed E-state index contributed by atoms with van der Waals surface area (Å²) in [6.07, 6.45) is 0. The van der Waals surface area contributed by atoms with Gasteiger partial charge in [0.15, 0.2) is 0 Å². The summed E-state index contributed by atoms with van der Waals surface area (Å²) in [5.74, 6) is 0. The van der Waals surface area contributed by atoms with E-state index in [1.165, 1.54) is 44.5 Å². The standard InChI is InChI=1S/C60H64N2/c1-55(2)51-34-32-43(38-53(51)57(5,6)59(55,9)10)41-22-19-28-47(36-41)61(45-24-15-13-16-25-45)49-30-21-31-50(40-49)62(46-26-17-14-18-27-46)48-29-20-23-42(37-48)44-33-35-52-54(39-44)58(7,8)60(11,12)56(52,3)4/h13-40H,1-12H3. The van der Waals surface area contributed by atoms with Crippen LogP contribution in [-0.2, 0) is 21.7 Å². The lowest BCUT2D eigenvalue weighted by Gasteiger charge is -2.44. The number of rotatable bonds is 8. The number of hydrogen-bond acceptors (Lipinski definition) is 2. The Morgan fingerprint density at radius 3 is 0.903 bits per heavy atom. The van der Waals surface area contributed by atoms with Crippen LogP contribution in [0.15, 0.2) is 170 Å². The highest BCUT2D eigenvalue weighted by Gasteiger charge is 2.57. The molecule has 2 heteroatoms. The molecule has 7 aromatic carbocycles. The van der Waals surface area contributed by atoms with Crippen LogP contribution in [0, 0.1) is 10.8 Å². The third-order valence-corrected chi connectivity index (χ3v) is 17.2. The maximum absolute atomic E-state index is 2.47. The first-order chi connectivity index (χ1) is 29.3. The van der Waals surface area contributed by atoms with Crippen molar-refractivity contribution in [2.45, 2.75) is 105 Å². The summed E-state index contributed by atoms with van der Waals surface area (Å²) in [6.45, 7) is 29.1. The van der Waals surface area contributed by atoms with Gasteiger partial charge in [-0.1, -0.05) is 186 Å². The van der Waals surface area contributed by atoms with Gasteiger partial charge in [-0.2, -0.15) is 0 Å². The van der Waals surface area contributed by atoms with E-state index in [1.54, 1.807) is 0 Å². The quantitative estimate of drug-likeness (QED) is 0.151. The highest BCUT2D eigenvalue weighted by atomic mass is 15.2. The second-order valence-electron chi connectivity index (χ2n) is 21.2. The van der Waals surface area contributed by atoms with Crippen LogP contribution in [0.3, 0.4) is 0 Å². The molecule has 0 saturated heterocycles. The molecule has 0 radical (unpaired) electrons. The molecule has 0 fully saturated rings. The summed E-state index contributed by atoms with van der Waals surface area (Å²) in [5, 5.41) is 0. The van der Waals surface area contributed by atoms with Crippen molar-refractivity contribution in [1.29, 1.82) is 0 Å². The van der Waals surface area contributed by atoms with Gasteiger partial charge in [0.1, 0.15) is 0 Å². The molecule has 2 aliphatic carbocycles. The van der Waals surface area contributed by atoms with Gasteiger partial charge in [0.25, 0.3) is 0 Å². The number of para-hydroxylation sites is 2. The van der Waals surface area contributed by atoms with E-state index in [2.05, 4.69) is 263 Å². The van der Waals surface area contributed by atoms with Crippen LogP contribution in [0.2, 0.25) is 0 Å². The van der Waals surface area contributed by atoms with Crippen LogP contribution in [-0.4, -0.2) is 0 Å². The molecule has 2 nitrogen and oxygen atoms in total. The van der Waals surface area contributed by atoms with Crippen molar-refractivity contribution in [2.24, 2.45) is 10.8 Å². The van der Waals surface area contributed by atoms with E-state index < -0.39 is 0 Å². The zero-order chi connectivity index (χ0) is 44.0. The van der Waals surface area contributed by atoms with E-state index in [0.717, 1.165) is 34.1 Å². The summed E-state index contributed by atoms with van der Waals surface area (Å²) < 4.78 is 0. The average Bonchev–Trinajstić information content (AvgIpc) is 3.44. The van der Waals surface area contributed by atoms with Crippen molar-refractivity contribution in [3.8, 4) is 22.3 Å². The summed E-state index contributed by atoms with van der Waals surface area (Å²) in [6, 6.07) is 63.1. The third kappa shape index (κ3) is 6.11. The molecule has 0 atom stereocenters. The fraction of sp³-hybridized carbons (Fsp3) is 0.300. The van der Waals surface area contributed by atoms with Gasteiger partial charge in [-0.15, -0.1) is 0 Å². The first kappa shape index (κ1) is 41.5. The Balaban J connectivity index is 1.13. The second-order valence-corrected chi connectivity index (χ2v) is 21.2. The number of nitrogens with zero attached hydrogens (tertiary/aromatic N) is 2. The molecular formula is C60H64N2. The van der Waals surface area contributed by atoms with Gasteiger partial charge in [-0.25, -0.2) is 0 Å². The summed E-state index contributed by atoms with van der Waals surface area (Å²) >= 11 is 0. The van der Waals surface area contributed by atoms with E-state index in [9.17, 15) is 0 Å². The van der Waals surface area contributed by atoms with Crippen molar-refractivity contribution >= 4 is 34.1 Å². The molecule has 0 N–H and O–H groups in total. The first-order valence-corrected chi connectivity index (χ1v) is 22.6. The molecule has 0 heterocycles. The van der Waals surface area contributed by atoms with Gasteiger partial charge in [0.2, 0.25) is 0 Å². The van der Waals surface area contributed by atoms with Gasteiger partial charge in [0, 0.05) is 34.1 Å². The van der Waals surface area contributed by atoms with E-state index >= 15 is 0 Å². The maximum Gasteiger partial charge on any atom is 0.0482 e. The molecule has 314 valence electrons. The molecule has 0 aliphatic heterocycles. The normalized spacial score (nSPS) is 18.1. The van der Waals surface area contributed by atoms with E-state index in [0.29, 0.717) is 0 Å². The molecule has 0 bridgehead atoms. The summed E-state index contributed by atoms with van der Waals surface area (Å²) in [4.78, 5) is 4.79. The van der Waals surface area contributed by atoms with Gasteiger partial charge in [0.05, 0.1) is 0 Å². The van der Waals surface area contributed by atoms with Crippen molar-refractivity contribution in [3.05, 3.63) is 192 Å². The molecular weight excluding hydrogens is 749 g/mol. The van der Waals surface area contributed by atoms with E-state index in [-0.39, 0.29) is 32.5 Å². The minimum Gasteiger partial charge on any atom is -0.310 e. The zero-order valence-electron chi connectivity index (χ0n) is 39.1. The number of hydrogen-bond donors (Lipinski definition) is 0. The Kier molecular flexibility index (Phi) is 9.60. The van der Waals surface area contributed by atoms with Crippen LogP contribution in [0.4, 0.5) is 34.1 Å². The van der Waals surface area contributed by atoms with Crippen LogP contribution >= 0.6 is 0 Å². The molecule has 0 spiro atoms. The highest BCUT2D eigenvalue weighted by Crippen LogP contribution is 2.63. The smallest absolute Gasteiger partial charge is 0.0482 e. The molecule has 9 rings (SSSR count). The second kappa shape index (κ2) is 14.3. The van der Waals surface area contributed by atoms with Crippen molar-refractivity contribution in [3.63, 3.8) is 0 Å². The van der Waals surface area contributed by atoms with E-state index in [1.807, 2.05) is 0 Å². The van der Waals surface area contributed by atoms with Crippen molar-refractivity contribution < 1.29 is 0 Å². The molecule has 7 aromatic rings. The van der Waals surface area contributed by atoms with Gasteiger partial charge in [-0.05, 0) is 144 Å². The fourth-order valence-electron chi connectivity index (χ4n) is 10.9. The lowest BCUT2D eigenvalue weighted by atomic mass is 9.59. The van der Waals surface area contributed by atoms with Crippen LogP contribution in [0.5, 0.6) is 0 Å². The zero-order valence-corrected chi connectivity index (χ0v) is 39.1. The Hall–Kier alpha value is -5.86. The van der Waals surface area contributed by atoms with Gasteiger partial charge in [-0.3, -0.25) is 0 Å². The molecule has 0 amide bonds. The topological polar surface area (TPSA) is 6.48 Å². The predicted octanol–water partition coefficient (Wildman–Crippen LogP) is 17.2. The lowest BCUT2D eigenvalue weighted by molar-refractivity contribution is 0.125. The maximum atomic E-state index is 2.47. The Bertz CT molecular complexity index is 2610. The van der Waals surface area contributed by atoms with Crippen LogP contribution in [0.1, 0.15) is 105 Å². The van der Waals surface area contributed by atoms with Crippen LogP contribution in [0.25, 0.3) is 22.3 Å². The van der Waals surface area contributed by atoms with Gasteiger partial charge < -0.3 is 9.80 Å². The van der Waals surface area contributed by atoms with Crippen molar-refractivity contribution in [1.82, 2.24) is 0 Å². The highest BCUT2D eigenvalue weighted by molar-refractivity contribution is 5.85. The van der Waals surface area contributed by atoms with E-state index in [4.69, 9.17) is 0 Å². The Labute approximate surface area is 372 Å². The minimum atomic E-state index is 0.0343. The lowest BCUT2D eigenvalue weighted by Crippen LogP contribution is -2.42.